The number of rotatable bonds is 3. The molecule has 4 heteroatoms. The fraction of sp³-hybridized carbons (Fsp3) is 0.200. The Kier molecular flexibility index (Phi) is 6.83. The molecule has 0 aromatic heterocycles. The molecule has 0 heterocycles. The molecule has 14 heavy (non-hydrogen) atoms. The van der Waals surface area contributed by atoms with Gasteiger partial charge in [-0.25, -0.2) is 0 Å². The van der Waals surface area contributed by atoms with E-state index in [4.69, 9.17) is 4.74 Å². The Morgan fingerprint density at radius 1 is 1.71 bits per heavy atom. The molecule has 0 aliphatic carbocycles. The normalized spacial score (nSPS) is 9.07. The first-order valence-corrected chi connectivity index (χ1v) is 4.56. The monoisotopic (exact) mass is 329 g/mol. The van der Waals surface area contributed by atoms with Gasteiger partial charge in [-0.1, -0.05) is 15.9 Å². The van der Waals surface area contributed by atoms with E-state index in [0.29, 0.717) is 11.3 Å². The molecular weight excluding hydrogens is 321 g/mol. The molecule has 0 saturated carbocycles. The van der Waals surface area contributed by atoms with Crippen LogP contribution >= 0.6 is 15.9 Å². The van der Waals surface area contributed by atoms with Crippen LogP contribution in [-0.2, 0) is 32.7 Å². The second-order valence-electron chi connectivity index (χ2n) is 2.44. The van der Waals surface area contributed by atoms with Crippen molar-refractivity contribution in [1.29, 1.82) is 0 Å². The minimum Gasteiger partial charge on any atom is -0.539 e. The van der Waals surface area contributed by atoms with Crippen LogP contribution in [0.4, 0.5) is 0 Å². The molecule has 0 bridgehead atoms. The minimum absolute atomic E-state index is 0. The summed E-state index contributed by atoms with van der Waals surface area (Å²) < 4.78 is 5.76. The summed E-state index contributed by atoms with van der Waals surface area (Å²) in [5.41, 5.74) is 0.530. The van der Waals surface area contributed by atoms with Crippen molar-refractivity contribution in [1.82, 2.24) is 0 Å². The van der Waals surface area contributed by atoms with Crippen molar-refractivity contribution in [2.45, 2.75) is 6.42 Å². The zero-order valence-electron chi connectivity index (χ0n) is 7.84. The molecule has 0 spiro atoms. The Balaban J connectivity index is 0.00000169. The van der Waals surface area contributed by atoms with E-state index >= 15 is 0 Å². The molecule has 0 saturated heterocycles. The van der Waals surface area contributed by atoms with Gasteiger partial charge in [-0.2, -0.15) is 6.42 Å². The van der Waals surface area contributed by atoms with E-state index in [0.717, 1.165) is 4.47 Å². The van der Waals surface area contributed by atoms with Crippen LogP contribution in [0.15, 0.2) is 16.6 Å². The molecule has 1 radical (unpaired) electrons. The Labute approximate surface area is 117 Å². The predicted molar refractivity (Wildman–Crippen MR) is 53.8 cm³/mol. The zero-order chi connectivity index (χ0) is 9.84. The summed E-state index contributed by atoms with van der Waals surface area (Å²) in [5, 5.41) is 0. The van der Waals surface area contributed by atoms with Crippen molar-refractivity contribution in [2.24, 2.45) is 0 Å². The molecule has 0 unspecified atom stereocenters. The summed E-state index contributed by atoms with van der Waals surface area (Å²) in [7, 11) is 1.57. The van der Waals surface area contributed by atoms with Crippen LogP contribution in [0.5, 0.6) is 5.75 Å². The van der Waals surface area contributed by atoms with Crippen LogP contribution in [0.25, 0.3) is 0 Å². The largest absolute Gasteiger partial charge is 0.539 e. The fourth-order valence-corrected chi connectivity index (χ4v) is 1.41. The number of carbonyl (C=O) groups is 1. The molecule has 0 atom stereocenters. The zero-order valence-corrected chi connectivity index (χ0v) is 12.3. The van der Waals surface area contributed by atoms with Crippen LogP contribution in [0, 0.1) is 13.0 Å². The molecule has 1 aromatic carbocycles. The van der Waals surface area contributed by atoms with Gasteiger partial charge in [-0.3, -0.25) is 0 Å². The van der Waals surface area contributed by atoms with Gasteiger partial charge >= 0.3 is 0 Å². The summed E-state index contributed by atoms with van der Waals surface area (Å²) in [5.74, 6) is 0.643. The average molecular weight is 330 g/mol. The molecule has 1 aromatic rings. The third-order valence-corrected chi connectivity index (χ3v) is 2.23. The molecule has 0 N–H and O–H groups in total. The van der Waals surface area contributed by atoms with Crippen molar-refractivity contribution in [3.8, 4) is 5.75 Å². The Bertz CT molecular complexity index is 326. The van der Waals surface area contributed by atoms with E-state index in [2.05, 4.69) is 28.9 Å². The molecule has 1 rings (SSSR count). The third-order valence-electron chi connectivity index (χ3n) is 1.61. The quantitative estimate of drug-likeness (QED) is 0.629. The molecule has 0 aliphatic rings. The number of benzene rings is 1. The van der Waals surface area contributed by atoms with Crippen LogP contribution in [0.1, 0.15) is 16.8 Å². The summed E-state index contributed by atoms with van der Waals surface area (Å²) in [6.45, 7) is 3.52. The molecule has 73 valence electrons. The van der Waals surface area contributed by atoms with Gasteiger partial charge in [-0.15, -0.1) is 23.8 Å². The van der Waals surface area contributed by atoms with Gasteiger partial charge in [-0.05, 0) is 4.47 Å². The van der Waals surface area contributed by atoms with Crippen LogP contribution in [0.3, 0.4) is 0 Å². The van der Waals surface area contributed by atoms with Crippen molar-refractivity contribution in [3.63, 3.8) is 0 Å². The first-order chi connectivity index (χ1) is 6.19. The Morgan fingerprint density at radius 3 is 2.79 bits per heavy atom. The van der Waals surface area contributed by atoms with Gasteiger partial charge in [0.2, 0.25) is 0 Å². The van der Waals surface area contributed by atoms with Gasteiger partial charge in [0.05, 0.1) is 7.11 Å². The van der Waals surface area contributed by atoms with Gasteiger partial charge in [0.15, 0.2) is 0 Å². The number of Topliss-reactive ketones (excluding diaryl/α,β-unsaturated/α-hetero) is 1. The Hall–Kier alpha value is 0.274. The number of halogens is 1. The number of ketones is 1. The van der Waals surface area contributed by atoms with E-state index in [-0.39, 0.29) is 44.9 Å². The summed E-state index contributed by atoms with van der Waals surface area (Å²) >= 11 is 3.29. The van der Waals surface area contributed by atoms with Gasteiger partial charge in [0, 0.05) is 44.2 Å². The first kappa shape index (κ1) is 14.3. The number of methoxy groups -OCH3 is 1. The maximum Gasteiger partial charge on any atom is 0.0648 e. The van der Waals surface area contributed by atoms with E-state index in [9.17, 15) is 4.79 Å². The predicted octanol–water partition coefficient (Wildman–Crippen LogP) is 2.66. The van der Waals surface area contributed by atoms with Crippen LogP contribution in [0.2, 0.25) is 0 Å². The van der Waals surface area contributed by atoms with Gasteiger partial charge in [0.25, 0.3) is 0 Å². The SMILES string of the molecule is [CH2-]CC(=O)c1[c-]cc(OC)c(Br)c1.[Y]. The molecule has 0 aliphatic heterocycles. The van der Waals surface area contributed by atoms with Crippen molar-refractivity contribution < 1.29 is 42.2 Å². The second-order valence-corrected chi connectivity index (χ2v) is 3.29. The topological polar surface area (TPSA) is 26.3 Å². The van der Waals surface area contributed by atoms with Crippen molar-refractivity contribution >= 4 is 21.7 Å². The van der Waals surface area contributed by atoms with E-state index < -0.39 is 0 Å². The van der Waals surface area contributed by atoms with Crippen LogP contribution < -0.4 is 4.74 Å². The fourth-order valence-electron chi connectivity index (χ4n) is 0.904. The Morgan fingerprint density at radius 2 is 2.36 bits per heavy atom. The average Bonchev–Trinajstić information content (AvgIpc) is 2.16. The summed E-state index contributed by atoms with van der Waals surface area (Å²) in [6, 6.07) is 6.15. The summed E-state index contributed by atoms with van der Waals surface area (Å²) in [6.07, 6.45) is 0.245. The standard InChI is InChI=1S/C10H9BrO2.Y/c1-3-9(12)7-4-5-10(13-2)8(11)6-7;/h5-6H,1,3H2,2H3;/q-2;. The number of hydrogen-bond donors (Lipinski definition) is 0. The van der Waals surface area contributed by atoms with E-state index in [1.54, 1.807) is 19.2 Å². The van der Waals surface area contributed by atoms with Gasteiger partial charge < -0.3 is 16.5 Å². The van der Waals surface area contributed by atoms with Crippen molar-refractivity contribution in [2.75, 3.05) is 7.11 Å². The molecule has 2 nitrogen and oxygen atoms in total. The van der Waals surface area contributed by atoms with E-state index in [1.807, 2.05) is 0 Å². The number of hydrogen-bond acceptors (Lipinski definition) is 2. The number of carbonyl (C=O) groups excluding carboxylic acids is 1. The minimum atomic E-state index is -0.0247. The first-order valence-electron chi connectivity index (χ1n) is 3.76. The maximum absolute atomic E-state index is 11.2. The van der Waals surface area contributed by atoms with E-state index in [1.165, 1.54) is 0 Å². The van der Waals surface area contributed by atoms with Crippen molar-refractivity contribution in [3.05, 3.63) is 35.2 Å². The third kappa shape index (κ3) is 3.45. The molecule has 0 amide bonds. The maximum atomic E-state index is 11.2. The number of ether oxygens (including phenoxy) is 1. The molecular formula is C10H9BrO2Y-2. The smallest absolute Gasteiger partial charge is 0.0648 e. The summed E-state index contributed by atoms with van der Waals surface area (Å²) in [4.78, 5) is 11.2. The van der Waals surface area contributed by atoms with Gasteiger partial charge in [0.1, 0.15) is 0 Å². The molecule has 0 fully saturated rings. The van der Waals surface area contributed by atoms with Crippen LogP contribution in [-0.4, -0.2) is 12.9 Å². The second kappa shape index (κ2) is 6.70.